The monoisotopic (exact) mass is 650 g/mol. The Morgan fingerprint density at radius 2 is 1.26 bits per heavy atom. The van der Waals surface area contributed by atoms with Gasteiger partial charge in [-0.1, -0.05) is 118 Å². The second kappa shape index (κ2) is 15.4. The molecule has 0 amide bonds. The van der Waals surface area contributed by atoms with Gasteiger partial charge in [0, 0.05) is 0 Å². The van der Waals surface area contributed by atoms with Crippen LogP contribution in [0.25, 0.3) is 54.6 Å². The van der Waals surface area contributed by atoms with Gasteiger partial charge in [-0.25, -0.2) is 0 Å². The van der Waals surface area contributed by atoms with Crippen molar-refractivity contribution in [3.63, 3.8) is 0 Å². The van der Waals surface area contributed by atoms with Gasteiger partial charge in [0.25, 0.3) is 0 Å². The Balaban J connectivity index is 0.000000215. The summed E-state index contributed by atoms with van der Waals surface area (Å²) in [6, 6.07) is 46.2. The molecule has 0 heterocycles. The first kappa shape index (κ1) is 34.2. The molecule has 216 valence electrons. The Kier molecular flexibility index (Phi) is 12.3. The van der Waals surface area contributed by atoms with E-state index >= 15 is 0 Å². The summed E-state index contributed by atoms with van der Waals surface area (Å²) in [6.07, 6.45) is 0. The quantitative estimate of drug-likeness (QED) is 0.132. The Morgan fingerprint density at radius 1 is 0.581 bits per heavy atom. The average molecular weight is 652 g/mol. The van der Waals surface area contributed by atoms with Crippen molar-refractivity contribution in [3.05, 3.63) is 159 Å². The summed E-state index contributed by atoms with van der Waals surface area (Å²) in [4.78, 5) is 0. The second-order valence-electron chi connectivity index (χ2n) is 11.0. The van der Waals surface area contributed by atoms with E-state index in [1.54, 1.807) is 0 Å². The van der Waals surface area contributed by atoms with Gasteiger partial charge in [-0.15, -0.1) is 68.6 Å². The fourth-order valence-corrected chi connectivity index (χ4v) is 5.66. The third-order valence-corrected chi connectivity index (χ3v) is 7.83. The van der Waals surface area contributed by atoms with Crippen molar-refractivity contribution >= 4 is 39.2 Å². The van der Waals surface area contributed by atoms with E-state index < -0.39 is 0 Å². The summed E-state index contributed by atoms with van der Waals surface area (Å²) in [6.45, 7) is 11.9. The van der Waals surface area contributed by atoms with Gasteiger partial charge in [-0.2, -0.15) is 12.1 Å². The first-order valence-electron chi connectivity index (χ1n) is 14.1. The molecule has 0 saturated carbocycles. The SMILES string of the molecule is CC(C)c1cc2c(-c3ccccc3)cccc2[cH-]1.Cc1cc2c(-c3ccc4ccccc4c3)ccc(C)c2[cH-]1.[CH3-].[CH3-].[Si]=[Zr]. The first-order valence-corrected chi connectivity index (χ1v) is 18.3. The van der Waals surface area contributed by atoms with Crippen molar-refractivity contribution in [2.45, 2.75) is 33.6 Å². The van der Waals surface area contributed by atoms with E-state index in [9.17, 15) is 0 Å². The molecule has 7 rings (SSSR count). The van der Waals surface area contributed by atoms with Crippen LogP contribution in [0.4, 0.5) is 0 Å². The molecule has 0 aliphatic rings. The molecule has 0 aliphatic heterocycles. The molecule has 2 heteroatoms. The zero-order chi connectivity index (χ0) is 28.9. The fourth-order valence-electron chi connectivity index (χ4n) is 5.66. The van der Waals surface area contributed by atoms with Crippen LogP contribution in [0.15, 0.2) is 127 Å². The number of fused-ring (bicyclic) bond motifs is 3. The van der Waals surface area contributed by atoms with Crippen molar-refractivity contribution in [2.75, 3.05) is 0 Å². The van der Waals surface area contributed by atoms with Crippen molar-refractivity contribution in [3.8, 4) is 22.3 Å². The third kappa shape index (κ3) is 7.43. The van der Waals surface area contributed by atoms with Crippen LogP contribution < -0.4 is 0 Å². The Morgan fingerprint density at radius 3 is 1.98 bits per heavy atom. The molecule has 7 aromatic carbocycles. The zero-order valence-electron chi connectivity index (χ0n) is 26.2. The van der Waals surface area contributed by atoms with E-state index in [0.29, 0.717) is 5.92 Å². The molecular formula is C41H40SiZr-4. The van der Waals surface area contributed by atoms with Crippen LogP contribution in [0.3, 0.4) is 0 Å². The normalized spacial score (nSPS) is 10.3. The molecule has 0 nitrogen and oxygen atoms in total. The average Bonchev–Trinajstić information content (AvgIpc) is 3.63. The fraction of sp³-hybridized carbons (Fsp3) is 0.122. The van der Waals surface area contributed by atoms with E-state index in [1.165, 1.54) is 94.6 Å². The minimum absolute atomic E-state index is 0. The van der Waals surface area contributed by atoms with E-state index in [-0.39, 0.29) is 14.9 Å². The summed E-state index contributed by atoms with van der Waals surface area (Å²) >= 11 is 1.36. The van der Waals surface area contributed by atoms with Crippen molar-refractivity contribution < 1.29 is 23.3 Å². The molecular weight excluding hydrogens is 612 g/mol. The van der Waals surface area contributed by atoms with Crippen LogP contribution in [-0.4, -0.2) is 6.88 Å². The van der Waals surface area contributed by atoms with Crippen LogP contribution in [0.2, 0.25) is 0 Å². The number of rotatable bonds is 3. The number of hydrogen-bond donors (Lipinski definition) is 0. The van der Waals surface area contributed by atoms with Crippen LogP contribution in [0.1, 0.15) is 36.5 Å². The summed E-state index contributed by atoms with van der Waals surface area (Å²) in [5.74, 6) is 0.584. The molecule has 0 saturated heterocycles. The van der Waals surface area contributed by atoms with Crippen LogP contribution in [-0.2, 0) is 23.3 Å². The number of aryl methyl sites for hydroxylation is 2. The third-order valence-electron chi connectivity index (χ3n) is 7.83. The molecule has 0 atom stereocenters. The summed E-state index contributed by atoms with van der Waals surface area (Å²) in [5.41, 5.74) is 9.36. The summed E-state index contributed by atoms with van der Waals surface area (Å²) < 4.78 is 0. The van der Waals surface area contributed by atoms with Gasteiger partial charge in [0.1, 0.15) is 0 Å². The predicted octanol–water partition coefficient (Wildman–Crippen LogP) is 11.9. The molecule has 0 spiro atoms. The van der Waals surface area contributed by atoms with Crippen LogP contribution in [0.5, 0.6) is 0 Å². The van der Waals surface area contributed by atoms with Gasteiger partial charge < -0.3 is 14.9 Å². The topological polar surface area (TPSA) is 0 Å². The molecule has 0 N–H and O–H groups in total. The van der Waals surface area contributed by atoms with E-state index in [0.717, 1.165) is 0 Å². The van der Waals surface area contributed by atoms with Crippen molar-refractivity contribution in [2.24, 2.45) is 0 Å². The maximum atomic E-state index is 3.06. The molecule has 0 unspecified atom stereocenters. The standard InChI is InChI=1S/C21H17.C18H17.2CH3.Si.Zr/c1-14-11-20-15(2)7-10-19(21(20)12-14)18-9-8-16-5-3-4-6-17(16)13-18;1-13(2)16-11-15-9-6-10-17(18(15)12-16)14-7-4-3-5-8-14;;;;/h3-13H,1-2H3;3-13H,1-2H3;2*1H3;;/q4*-1;;. The van der Waals surface area contributed by atoms with Gasteiger partial charge >= 0.3 is 30.2 Å². The predicted molar refractivity (Wildman–Crippen MR) is 190 cm³/mol. The second-order valence-corrected chi connectivity index (χ2v) is 11.0. The molecule has 7 aromatic rings. The summed E-state index contributed by atoms with van der Waals surface area (Å²) in [7, 11) is 0. The molecule has 0 aromatic heterocycles. The summed E-state index contributed by atoms with van der Waals surface area (Å²) in [5, 5.41) is 8.05. The van der Waals surface area contributed by atoms with Crippen LogP contribution in [0, 0.1) is 28.7 Å². The molecule has 43 heavy (non-hydrogen) atoms. The molecule has 2 radical (unpaired) electrons. The van der Waals surface area contributed by atoms with Gasteiger partial charge in [0.05, 0.1) is 0 Å². The number of benzene rings is 5. The van der Waals surface area contributed by atoms with Gasteiger partial charge in [0.2, 0.25) is 0 Å². The van der Waals surface area contributed by atoms with Gasteiger partial charge in [-0.05, 0) is 33.9 Å². The minimum atomic E-state index is 0. The maximum absolute atomic E-state index is 3.06. The zero-order valence-corrected chi connectivity index (χ0v) is 29.7. The Labute approximate surface area is 275 Å². The van der Waals surface area contributed by atoms with E-state index in [4.69, 9.17) is 0 Å². The first-order chi connectivity index (χ1) is 20.0. The van der Waals surface area contributed by atoms with E-state index in [1.807, 2.05) is 0 Å². The molecule has 0 bridgehead atoms. The van der Waals surface area contributed by atoms with Crippen molar-refractivity contribution in [1.82, 2.24) is 0 Å². The van der Waals surface area contributed by atoms with Gasteiger partial charge in [-0.3, -0.25) is 0 Å². The Bertz CT molecular complexity index is 1920. The molecule has 0 fully saturated rings. The van der Waals surface area contributed by atoms with Crippen LogP contribution >= 0.6 is 0 Å². The van der Waals surface area contributed by atoms with Crippen molar-refractivity contribution in [1.29, 1.82) is 0 Å². The molecule has 0 aliphatic carbocycles. The van der Waals surface area contributed by atoms with E-state index in [2.05, 4.69) is 162 Å². The number of hydrogen-bond acceptors (Lipinski definition) is 0. The Hall–Kier alpha value is -3.32. The van der Waals surface area contributed by atoms with Gasteiger partial charge in [0.15, 0.2) is 0 Å².